The lowest BCUT2D eigenvalue weighted by molar-refractivity contribution is -0.136. The summed E-state index contributed by atoms with van der Waals surface area (Å²) >= 11 is 12.6. The number of piperazine rings is 1. The molecule has 2 fully saturated rings. The summed E-state index contributed by atoms with van der Waals surface area (Å²) in [6.45, 7) is 9.12. The zero-order valence-corrected chi connectivity index (χ0v) is 21.9. The molecule has 0 radical (unpaired) electrons. The Kier molecular flexibility index (Phi) is 6.88. The van der Waals surface area contributed by atoms with Gasteiger partial charge in [0.1, 0.15) is 11.3 Å². The second-order valence-electron chi connectivity index (χ2n) is 9.60. The van der Waals surface area contributed by atoms with Crippen molar-refractivity contribution in [2.45, 2.75) is 58.2 Å². The smallest absolute Gasteiger partial charge is 0.240 e. The van der Waals surface area contributed by atoms with E-state index in [1.807, 2.05) is 41.8 Å². The minimum Gasteiger partial charge on any atom is -0.351 e. The Balaban J connectivity index is 1.38. The molecule has 186 valence electrons. The Hall–Kier alpha value is -2.42. The van der Waals surface area contributed by atoms with Gasteiger partial charge in [0, 0.05) is 35.7 Å². The maximum atomic E-state index is 13.1. The predicted octanol–water partition coefficient (Wildman–Crippen LogP) is 4.23. The van der Waals surface area contributed by atoms with Gasteiger partial charge in [-0.3, -0.25) is 4.79 Å². The van der Waals surface area contributed by atoms with Crippen LogP contribution in [0.5, 0.6) is 0 Å². The molecular formula is C25H31Cl2N7O. The van der Waals surface area contributed by atoms with E-state index >= 15 is 0 Å². The molecule has 0 bridgehead atoms. The number of aryl methyl sites for hydroxylation is 1. The van der Waals surface area contributed by atoms with Crippen LogP contribution in [-0.2, 0) is 4.79 Å². The van der Waals surface area contributed by atoms with Crippen molar-refractivity contribution in [1.29, 1.82) is 0 Å². The standard InChI is InChI=1S/C25H31Cl2N7O/c1-15-14-32(10-11-33(15)25(35)21-6-4-5-9-28-21)22-13-29-23-16(2)31-34(24(23)30-22)17(3)19-8-7-18(26)12-20(19)27/h7-8,12-13,15,17,21,28H,4-6,9-11,14H2,1-3H3. The van der Waals surface area contributed by atoms with Crippen molar-refractivity contribution in [3.8, 4) is 0 Å². The van der Waals surface area contributed by atoms with Crippen molar-refractivity contribution in [1.82, 2.24) is 30.0 Å². The van der Waals surface area contributed by atoms with Gasteiger partial charge >= 0.3 is 0 Å². The first-order chi connectivity index (χ1) is 16.8. The van der Waals surface area contributed by atoms with E-state index in [-0.39, 0.29) is 24.0 Å². The Labute approximate surface area is 215 Å². The Morgan fingerprint density at radius 3 is 2.77 bits per heavy atom. The Morgan fingerprint density at radius 2 is 2.06 bits per heavy atom. The molecule has 3 atom stereocenters. The molecule has 4 heterocycles. The lowest BCUT2D eigenvalue weighted by atomic mass is 10.0. The highest BCUT2D eigenvalue weighted by Gasteiger charge is 2.33. The molecule has 1 aromatic carbocycles. The zero-order chi connectivity index (χ0) is 24.7. The summed E-state index contributed by atoms with van der Waals surface area (Å²) in [4.78, 5) is 27.0. The molecule has 0 aliphatic carbocycles. The van der Waals surface area contributed by atoms with E-state index < -0.39 is 0 Å². The molecule has 1 amide bonds. The summed E-state index contributed by atoms with van der Waals surface area (Å²) < 4.78 is 1.88. The van der Waals surface area contributed by atoms with Crippen LogP contribution in [0.25, 0.3) is 11.2 Å². The average molecular weight is 516 g/mol. The highest BCUT2D eigenvalue weighted by molar-refractivity contribution is 6.35. The largest absolute Gasteiger partial charge is 0.351 e. The predicted molar refractivity (Wildman–Crippen MR) is 139 cm³/mol. The number of aromatic nitrogens is 4. The van der Waals surface area contributed by atoms with Crippen molar-refractivity contribution in [2.75, 3.05) is 31.1 Å². The van der Waals surface area contributed by atoms with Crippen molar-refractivity contribution < 1.29 is 4.79 Å². The summed E-state index contributed by atoms with van der Waals surface area (Å²) in [5.74, 6) is 1.02. The van der Waals surface area contributed by atoms with E-state index in [2.05, 4.69) is 17.1 Å². The van der Waals surface area contributed by atoms with Crippen LogP contribution in [0, 0.1) is 6.92 Å². The quantitative estimate of drug-likeness (QED) is 0.559. The second-order valence-corrected chi connectivity index (χ2v) is 10.4. The number of fused-ring (bicyclic) bond motifs is 1. The molecule has 2 aliphatic heterocycles. The Bertz CT molecular complexity index is 1240. The SMILES string of the molecule is Cc1nn(C(C)c2ccc(Cl)cc2Cl)c2nc(N3CCN(C(=O)C4CCCCN4)C(C)C3)cnc12. The maximum Gasteiger partial charge on any atom is 0.240 e. The number of carbonyl (C=O) groups is 1. The monoisotopic (exact) mass is 515 g/mol. The Morgan fingerprint density at radius 1 is 1.23 bits per heavy atom. The van der Waals surface area contributed by atoms with E-state index in [1.54, 1.807) is 6.07 Å². The number of halogens is 2. The van der Waals surface area contributed by atoms with Gasteiger partial charge < -0.3 is 15.1 Å². The van der Waals surface area contributed by atoms with Crippen LogP contribution < -0.4 is 10.2 Å². The molecule has 10 heteroatoms. The van der Waals surface area contributed by atoms with E-state index in [0.29, 0.717) is 29.7 Å². The van der Waals surface area contributed by atoms with Gasteiger partial charge in [-0.2, -0.15) is 5.10 Å². The number of anilines is 1. The molecule has 2 aliphatic rings. The molecule has 3 unspecified atom stereocenters. The number of carbonyl (C=O) groups excluding carboxylic acids is 1. The summed E-state index contributed by atoms with van der Waals surface area (Å²) in [6.07, 6.45) is 4.99. The molecule has 2 saturated heterocycles. The van der Waals surface area contributed by atoms with Crippen molar-refractivity contribution in [2.24, 2.45) is 0 Å². The topological polar surface area (TPSA) is 79.2 Å². The fourth-order valence-corrected chi connectivity index (χ4v) is 5.76. The van der Waals surface area contributed by atoms with E-state index in [1.165, 1.54) is 0 Å². The molecule has 35 heavy (non-hydrogen) atoms. The molecule has 0 spiro atoms. The third kappa shape index (κ3) is 4.71. The number of piperidine rings is 1. The first kappa shape index (κ1) is 24.3. The fraction of sp³-hybridized carbons (Fsp3) is 0.520. The number of nitrogens with one attached hydrogen (secondary N) is 1. The number of hydrogen-bond acceptors (Lipinski definition) is 6. The third-order valence-electron chi connectivity index (χ3n) is 7.18. The molecule has 2 aromatic heterocycles. The number of benzene rings is 1. The van der Waals surface area contributed by atoms with Crippen LogP contribution in [0.15, 0.2) is 24.4 Å². The number of rotatable bonds is 4. The van der Waals surface area contributed by atoms with Gasteiger partial charge in [0.05, 0.1) is 24.0 Å². The highest BCUT2D eigenvalue weighted by Crippen LogP contribution is 2.31. The summed E-state index contributed by atoms with van der Waals surface area (Å²) in [5.41, 5.74) is 3.23. The van der Waals surface area contributed by atoms with E-state index in [4.69, 9.17) is 38.3 Å². The van der Waals surface area contributed by atoms with Gasteiger partial charge in [-0.25, -0.2) is 14.6 Å². The van der Waals surface area contributed by atoms with Crippen molar-refractivity contribution >= 4 is 46.1 Å². The number of hydrogen-bond donors (Lipinski definition) is 1. The molecule has 5 rings (SSSR count). The van der Waals surface area contributed by atoms with Crippen LogP contribution in [0.2, 0.25) is 10.0 Å². The molecular weight excluding hydrogens is 485 g/mol. The van der Waals surface area contributed by atoms with Crippen LogP contribution in [-0.4, -0.2) is 68.8 Å². The van der Waals surface area contributed by atoms with E-state index in [9.17, 15) is 4.79 Å². The summed E-state index contributed by atoms with van der Waals surface area (Å²) in [6, 6.07) is 5.41. The van der Waals surface area contributed by atoms with E-state index in [0.717, 1.165) is 54.0 Å². The number of amides is 1. The van der Waals surface area contributed by atoms with Crippen LogP contribution in [0.1, 0.15) is 50.4 Å². The normalized spacial score (nSPS) is 22.0. The van der Waals surface area contributed by atoms with Gasteiger partial charge in [0.15, 0.2) is 5.65 Å². The van der Waals surface area contributed by atoms with Gasteiger partial charge in [-0.15, -0.1) is 0 Å². The number of nitrogens with zero attached hydrogens (tertiary/aromatic N) is 6. The second kappa shape index (κ2) is 9.91. The fourth-order valence-electron chi connectivity index (χ4n) is 5.19. The van der Waals surface area contributed by atoms with Crippen LogP contribution >= 0.6 is 23.2 Å². The molecule has 8 nitrogen and oxygen atoms in total. The average Bonchev–Trinajstić information content (AvgIpc) is 3.19. The first-order valence-corrected chi connectivity index (χ1v) is 13.0. The van der Waals surface area contributed by atoms with Gasteiger partial charge in [0.2, 0.25) is 5.91 Å². The molecule has 0 saturated carbocycles. The third-order valence-corrected chi connectivity index (χ3v) is 7.74. The first-order valence-electron chi connectivity index (χ1n) is 12.3. The summed E-state index contributed by atoms with van der Waals surface area (Å²) in [7, 11) is 0. The van der Waals surface area contributed by atoms with Crippen molar-refractivity contribution in [3.05, 3.63) is 45.7 Å². The maximum absolute atomic E-state index is 13.1. The van der Waals surface area contributed by atoms with Gasteiger partial charge in [0.25, 0.3) is 0 Å². The zero-order valence-electron chi connectivity index (χ0n) is 20.3. The summed E-state index contributed by atoms with van der Waals surface area (Å²) in [5, 5.41) is 9.32. The highest BCUT2D eigenvalue weighted by atomic mass is 35.5. The van der Waals surface area contributed by atoms with Gasteiger partial charge in [-0.1, -0.05) is 35.7 Å². The van der Waals surface area contributed by atoms with Crippen molar-refractivity contribution in [3.63, 3.8) is 0 Å². The lowest BCUT2D eigenvalue weighted by Crippen LogP contribution is -2.59. The van der Waals surface area contributed by atoms with Crippen LogP contribution in [0.3, 0.4) is 0 Å². The van der Waals surface area contributed by atoms with Gasteiger partial charge in [-0.05, 0) is 57.9 Å². The van der Waals surface area contributed by atoms with Crippen LogP contribution in [0.4, 0.5) is 5.82 Å². The minimum atomic E-state index is -0.142. The molecule has 3 aromatic rings. The minimum absolute atomic E-state index is 0.0487. The lowest BCUT2D eigenvalue weighted by Gasteiger charge is -2.42. The molecule has 1 N–H and O–H groups in total.